The minimum absolute atomic E-state index is 0.0808. The summed E-state index contributed by atoms with van der Waals surface area (Å²) in [5.41, 5.74) is 0.428. The van der Waals surface area contributed by atoms with Gasteiger partial charge in [-0.15, -0.1) is 0 Å². The van der Waals surface area contributed by atoms with Crippen LogP contribution < -0.4 is 0 Å². The number of carbonyl (C=O) groups excluding carboxylic acids is 2. The predicted molar refractivity (Wildman–Crippen MR) is 80.0 cm³/mol. The van der Waals surface area contributed by atoms with Crippen molar-refractivity contribution in [2.45, 2.75) is 24.7 Å². The number of fused-ring (bicyclic) bond motifs is 1. The normalized spacial score (nSPS) is 20.5. The Morgan fingerprint density at radius 2 is 1.64 bits per heavy atom. The van der Waals surface area contributed by atoms with E-state index in [0.717, 1.165) is 17.7 Å². The van der Waals surface area contributed by atoms with Gasteiger partial charge in [-0.25, -0.2) is 8.42 Å². The Hall–Kier alpha value is -1.73. The summed E-state index contributed by atoms with van der Waals surface area (Å²) in [6.45, 7) is 3.10. The smallest absolute Gasteiger partial charge is 0.261 e. The Balaban J connectivity index is 1.97. The molecule has 0 radical (unpaired) electrons. The Kier molecular flexibility index (Phi) is 3.57. The van der Waals surface area contributed by atoms with Crippen LogP contribution in [0.2, 0.25) is 0 Å². The van der Waals surface area contributed by atoms with Gasteiger partial charge in [0.1, 0.15) is 0 Å². The first-order chi connectivity index (χ1) is 10.3. The van der Waals surface area contributed by atoms with Crippen molar-refractivity contribution in [2.75, 3.05) is 20.1 Å². The maximum Gasteiger partial charge on any atom is 0.261 e. The van der Waals surface area contributed by atoms with Gasteiger partial charge in [-0.05, 0) is 37.0 Å². The molecule has 0 atom stereocenters. The first-order valence-corrected chi connectivity index (χ1v) is 8.73. The molecule has 0 aromatic heterocycles. The molecule has 1 fully saturated rings. The third-order valence-electron chi connectivity index (χ3n) is 4.44. The van der Waals surface area contributed by atoms with Crippen molar-refractivity contribution in [2.24, 2.45) is 5.92 Å². The highest BCUT2D eigenvalue weighted by molar-refractivity contribution is 7.89. The molecule has 1 saturated heterocycles. The van der Waals surface area contributed by atoms with E-state index in [2.05, 4.69) is 6.92 Å². The monoisotopic (exact) mass is 322 g/mol. The van der Waals surface area contributed by atoms with E-state index in [1.165, 1.54) is 29.6 Å². The molecule has 7 heteroatoms. The molecule has 2 amide bonds. The average molecular weight is 322 g/mol. The van der Waals surface area contributed by atoms with Crippen LogP contribution in [-0.2, 0) is 10.0 Å². The zero-order valence-electron chi connectivity index (χ0n) is 12.6. The molecule has 0 spiro atoms. The van der Waals surface area contributed by atoms with Gasteiger partial charge in [0.2, 0.25) is 10.0 Å². The van der Waals surface area contributed by atoms with Gasteiger partial charge in [-0.1, -0.05) is 6.92 Å². The molecular weight excluding hydrogens is 304 g/mol. The molecule has 1 aromatic carbocycles. The summed E-state index contributed by atoms with van der Waals surface area (Å²) in [4.78, 5) is 24.9. The Labute approximate surface area is 129 Å². The van der Waals surface area contributed by atoms with Gasteiger partial charge in [0.25, 0.3) is 11.8 Å². The Bertz CT molecular complexity index is 749. The van der Waals surface area contributed by atoms with Gasteiger partial charge in [0.05, 0.1) is 16.0 Å². The lowest BCUT2D eigenvalue weighted by Crippen LogP contribution is -2.37. The van der Waals surface area contributed by atoms with E-state index in [9.17, 15) is 18.0 Å². The Morgan fingerprint density at radius 3 is 2.27 bits per heavy atom. The molecule has 0 aliphatic carbocycles. The highest BCUT2D eigenvalue weighted by Crippen LogP contribution is 2.28. The van der Waals surface area contributed by atoms with E-state index in [1.54, 1.807) is 0 Å². The fourth-order valence-corrected chi connectivity index (χ4v) is 4.37. The van der Waals surface area contributed by atoms with Crippen LogP contribution in [0, 0.1) is 5.92 Å². The van der Waals surface area contributed by atoms with E-state index in [-0.39, 0.29) is 16.0 Å². The number of nitrogens with zero attached hydrogens (tertiary/aromatic N) is 2. The molecule has 3 rings (SSSR count). The third-order valence-corrected chi connectivity index (χ3v) is 6.34. The molecule has 2 aliphatic rings. The van der Waals surface area contributed by atoms with Crippen LogP contribution in [0.5, 0.6) is 0 Å². The summed E-state index contributed by atoms with van der Waals surface area (Å²) in [6, 6.07) is 4.17. The standard InChI is InChI=1S/C15H18N2O4S/c1-10-5-7-17(8-6-10)22(20,21)11-3-4-12-13(9-11)15(19)16(2)14(12)18/h3-4,9-10H,5-8H2,1-2H3. The number of imide groups is 1. The lowest BCUT2D eigenvalue weighted by Gasteiger charge is -2.29. The van der Waals surface area contributed by atoms with Crippen molar-refractivity contribution in [3.05, 3.63) is 29.3 Å². The van der Waals surface area contributed by atoms with Gasteiger partial charge in [-0.2, -0.15) is 4.31 Å². The summed E-state index contributed by atoms with van der Waals surface area (Å²) in [7, 11) is -2.22. The van der Waals surface area contributed by atoms with E-state index >= 15 is 0 Å². The van der Waals surface area contributed by atoms with E-state index in [4.69, 9.17) is 0 Å². The molecule has 2 heterocycles. The third kappa shape index (κ3) is 2.24. The van der Waals surface area contributed by atoms with Crippen LogP contribution in [0.3, 0.4) is 0 Å². The zero-order chi connectivity index (χ0) is 16.1. The highest BCUT2D eigenvalue weighted by atomic mass is 32.2. The first kappa shape index (κ1) is 15.2. The SMILES string of the molecule is CC1CCN(S(=O)(=O)c2ccc3c(c2)C(=O)N(C)C3=O)CC1. The quantitative estimate of drug-likeness (QED) is 0.770. The van der Waals surface area contributed by atoms with Crippen LogP contribution in [-0.4, -0.2) is 49.6 Å². The van der Waals surface area contributed by atoms with Crippen molar-refractivity contribution in [1.82, 2.24) is 9.21 Å². The number of amides is 2. The number of hydrogen-bond donors (Lipinski definition) is 0. The van der Waals surface area contributed by atoms with Gasteiger partial charge >= 0.3 is 0 Å². The molecule has 0 saturated carbocycles. The lowest BCUT2D eigenvalue weighted by atomic mass is 10.0. The maximum absolute atomic E-state index is 12.7. The Morgan fingerprint density at radius 1 is 1.05 bits per heavy atom. The van der Waals surface area contributed by atoms with E-state index in [0.29, 0.717) is 19.0 Å². The number of benzene rings is 1. The fraction of sp³-hybridized carbons (Fsp3) is 0.467. The number of rotatable bonds is 2. The molecule has 2 aliphatic heterocycles. The van der Waals surface area contributed by atoms with Gasteiger partial charge in [0, 0.05) is 20.1 Å². The second kappa shape index (κ2) is 5.17. The van der Waals surface area contributed by atoms with Crippen LogP contribution in [0.25, 0.3) is 0 Å². The second-order valence-corrected chi connectivity index (χ2v) is 7.90. The fourth-order valence-electron chi connectivity index (χ4n) is 2.88. The highest BCUT2D eigenvalue weighted by Gasteiger charge is 2.35. The van der Waals surface area contributed by atoms with Crippen LogP contribution in [0.1, 0.15) is 40.5 Å². The van der Waals surface area contributed by atoms with Gasteiger partial charge in [0.15, 0.2) is 0 Å². The van der Waals surface area contributed by atoms with Crippen LogP contribution >= 0.6 is 0 Å². The minimum Gasteiger partial charge on any atom is -0.277 e. The summed E-state index contributed by atoms with van der Waals surface area (Å²) < 4.78 is 26.8. The number of hydrogen-bond acceptors (Lipinski definition) is 4. The maximum atomic E-state index is 12.7. The molecule has 118 valence electrons. The van der Waals surface area contributed by atoms with Gasteiger partial charge in [-0.3, -0.25) is 14.5 Å². The van der Waals surface area contributed by atoms with Crippen LogP contribution in [0.15, 0.2) is 23.1 Å². The molecular formula is C15H18N2O4S. The molecule has 0 bridgehead atoms. The molecule has 22 heavy (non-hydrogen) atoms. The predicted octanol–water partition coefficient (Wildman–Crippen LogP) is 1.33. The van der Waals surface area contributed by atoms with E-state index in [1.807, 2.05) is 0 Å². The lowest BCUT2D eigenvalue weighted by molar-refractivity contribution is 0.0693. The summed E-state index contributed by atoms with van der Waals surface area (Å²) in [5.74, 6) is -0.320. The topological polar surface area (TPSA) is 74.8 Å². The van der Waals surface area contributed by atoms with Crippen molar-refractivity contribution in [1.29, 1.82) is 0 Å². The average Bonchev–Trinajstić information content (AvgIpc) is 2.72. The van der Waals surface area contributed by atoms with Crippen molar-refractivity contribution < 1.29 is 18.0 Å². The van der Waals surface area contributed by atoms with Crippen molar-refractivity contribution >= 4 is 21.8 Å². The number of piperidine rings is 1. The first-order valence-electron chi connectivity index (χ1n) is 7.29. The molecule has 0 N–H and O–H groups in total. The number of sulfonamides is 1. The number of carbonyl (C=O) groups is 2. The largest absolute Gasteiger partial charge is 0.277 e. The molecule has 6 nitrogen and oxygen atoms in total. The summed E-state index contributed by atoms with van der Waals surface area (Å²) >= 11 is 0. The zero-order valence-corrected chi connectivity index (χ0v) is 13.4. The summed E-state index contributed by atoms with van der Waals surface area (Å²) in [5, 5.41) is 0. The summed E-state index contributed by atoms with van der Waals surface area (Å²) in [6.07, 6.45) is 1.68. The van der Waals surface area contributed by atoms with Crippen molar-refractivity contribution in [3.63, 3.8) is 0 Å². The minimum atomic E-state index is -3.61. The second-order valence-electron chi connectivity index (χ2n) is 5.96. The molecule has 1 aromatic rings. The van der Waals surface area contributed by atoms with E-state index < -0.39 is 21.8 Å². The van der Waals surface area contributed by atoms with Crippen LogP contribution in [0.4, 0.5) is 0 Å². The van der Waals surface area contributed by atoms with Crippen molar-refractivity contribution in [3.8, 4) is 0 Å². The van der Waals surface area contributed by atoms with Gasteiger partial charge < -0.3 is 0 Å². The molecule has 0 unspecified atom stereocenters.